The Hall–Kier alpha value is -3.38. The van der Waals surface area contributed by atoms with E-state index in [9.17, 15) is 4.79 Å². The fraction of sp³-hybridized carbons (Fsp3) is 0.192. The van der Waals surface area contributed by atoms with Gasteiger partial charge in [0.1, 0.15) is 10.8 Å². The van der Waals surface area contributed by atoms with Gasteiger partial charge in [-0.25, -0.2) is 9.97 Å². The molecule has 1 aliphatic rings. The van der Waals surface area contributed by atoms with Crippen LogP contribution in [0.3, 0.4) is 0 Å². The normalized spacial score (nSPS) is 15.1. The van der Waals surface area contributed by atoms with Crippen LogP contribution >= 0.6 is 11.8 Å². The highest BCUT2D eigenvalue weighted by atomic mass is 32.2. The molecule has 1 aliphatic heterocycles. The fourth-order valence-corrected chi connectivity index (χ4v) is 5.05. The molecule has 1 atom stereocenters. The van der Waals surface area contributed by atoms with Gasteiger partial charge in [0.15, 0.2) is 5.82 Å². The number of aromatic nitrogens is 2. The molecule has 0 fully saturated rings. The van der Waals surface area contributed by atoms with Crippen LogP contribution in [0.2, 0.25) is 0 Å². The molecule has 6 heteroatoms. The van der Waals surface area contributed by atoms with Crippen molar-refractivity contribution in [1.82, 2.24) is 9.97 Å². The Morgan fingerprint density at radius 3 is 2.66 bits per heavy atom. The molecule has 0 radical (unpaired) electrons. The summed E-state index contributed by atoms with van der Waals surface area (Å²) in [5.74, 6) is 1.78. The number of carbonyl (C=O) groups is 1. The number of rotatable bonds is 5. The number of hydrogen-bond donors (Lipinski definition) is 0. The maximum absolute atomic E-state index is 13.2. The van der Waals surface area contributed by atoms with Crippen molar-refractivity contribution in [1.29, 1.82) is 0 Å². The lowest BCUT2D eigenvalue weighted by Gasteiger charge is -2.22. The third-order valence-corrected chi connectivity index (χ3v) is 6.68. The molecule has 0 saturated carbocycles. The molecule has 0 N–H and O–H groups in total. The van der Waals surface area contributed by atoms with E-state index in [2.05, 4.69) is 13.0 Å². The van der Waals surface area contributed by atoms with Gasteiger partial charge in [-0.05, 0) is 43.2 Å². The van der Waals surface area contributed by atoms with E-state index in [0.717, 1.165) is 39.4 Å². The summed E-state index contributed by atoms with van der Waals surface area (Å²) >= 11 is 1.45. The van der Waals surface area contributed by atoms with Crippen LogP contribution in [-0.4, -0.2) is 34.8 Å². The quantitative estimate of drug-likeness (QED) is 0.308. The monoisotopic (exact) mass is 441 g/mol. The van der Waals surface area contributed by atoms with Crippen molar-refractivity contribution < 1.29 is 9.53 Å². The number of nitrogens with zero attached hydrogens (tertiary/aromatic N) is 3. The molecular weight excluding hydrogens is 418 g/mol. The van der Waals surface area contributed by atoms with Crippen molar-refractivity contribution in [3.05, 3.63) is 78.4 Å². The minimum Gasteiger partial charge on any atom is -0.497 e. The highest BCUT2D eigenvalue weighted by Gasteiger charge is 2.30. The van der Waals surface area contributed by atoms with E-state index in [4.69, 9.17) is 14.7 Å². The zero-order valence-electron chi connectivity index (χ0n) is 18.0. The molecule has 5 nitrogen and oxygen atoms in total. The molecule has 0 saturated heterocycles. The Kier molecular flexibility index (Phi) is 5.53. The smallest absolute Gasteiger partial charge is 0.237 e. The minimum absolute atomic E-state index is 0.0865. The van der Waals surface area contributed by atoms with E-state index in [1.54, 1.807) is 7.11 Å². The number of carbonyl (C=O) groups excluding carboxylic acids is 1. The number of hydrogen-bond acceptors (Lipinski definition) is 5. The Morgan fingerprint density at radius 1 is 1.06 bits per heavy atom. The zero-order valence-corrected chi connectivity index (χ0v) is 18.8. The van der Waals surface area contributed by atoms with Gasteiger partial charge in [-0.2, -0.15) is 0 Å². The second-order valence-electron chi connectivity index (χ2n) is 7.84. The van der Waals surface area contributed by atoms with Gasteiger partial charge in [-0.15, -0.1) is 0 Å². The Bertz CT molecular complexity index is 1290. The Labute approximate surface area is 191 Å². The van der Waals surface area contributed by atoms with Crippen LogP contribution in [0.15, 0.2) is 77.8 Å². The van der Waals surface area contributed by atoms with Gasteiger partial charge in [-0.1, -0.05) is 60.3 Å². The number of amides is 1. The van der Waals surface area contributed by atoms with Gasteiger partial charge in [0.25, 0.3) is 0 Å². The van der Waals surface area contributed by atoms with Crippen molar-refractivity contribution in [3.8, 4) is 17.1 Å². The Morgan fingerprint density at radius 2 is 1.84 bits per heavy atom. The predicted octanol–water partition coefficient (Wildman–Crippen LogP) is 5.38. The molecule has 1 unspecified atom stereocenters. The first-order valence-corrected chi connectivity index (χ1v) is 11.6. The standard InChI is InChI=1S/C26H23N3O2S/c1-17-14-19-10-6-7-11-23(19)29(17)24(30)16-32-26-21-15-20(31-2)12-13-22(21)27-25(28-26)18-8-4-3-5-9-18/h3-13,15,17H,14,16H2,1-2H3. The molecule has 160 valence electrons. The van der Waals surface area contributed by atoms with Crippen LogP contribution in [0.1, 0.15) is 12.5 Å². The predicted molar refractivity (Wildman–Crippen MR) is 129 cm³/mol. The SMILES string of the molecule is COc1ccc2nc(-c3ccccc3)nc(SCC(=O)N3c4ccccc4CC3C)c2c1. The highest BCUT2D eigenvalue weighted by Crippen LogP contribution is 2.34. The van der Waals surface area contributed by atoms with E-state index in [0.29, 0.717) is 11.6 Å². The highest BCUT2D eigenvalue weighted by molar-refractivity contribution is 8.00. The lowest BCUT2D eigenvalue weighted by Crippen LogP contribution is -2.37. The average molecular weight is 442 g/mol. The summed E-state index contributed by atoms with van der Waals surface area (Å²) in [5, 5.41) is 1.66. The van der Waals surface area contributed by atoms with E-state index >= 15 is 0 Å². The summed E-state index contributed by atoms with van der Waals surface area (Å²) in [7, 11) is 1.64. The molecule has 3 aromatic carbocycles. The van der Waals surface area contributed by atoms with Crippen molar-refractivity contribution >= 4 is 34.3 Å². The third-order valence-electron chi connectivity index (χ3n) is 5.71. The number of para-hydroxylation sites is 1. The van der Waals surface area contributed by atoms with E-state index in [1.165, 1.54) is 17.3 Å². The maximum Gasteiger partial charge on any atom is 0.237 e. The largest absolute Gasteiger partial charge is 0.497 e. The molecule has 0 bridgehead atoms. The van der Waals surface area contributed by atoms with Gasteiger partial charge in [0.2, 0.25) is 5.91 Å². The molecule has 1 aromatic heterocycles. The first kappa shape index (κ1) is 20.5. The van der Waals surface area contributed by atoms with Crippen LogP contribution in [-0.2, 0) is 11.2 Å². The molecule has 5 rings (SSSR count). The van der Waals surface area contributed by atoms with E-state index in [-0.39, 0.29) is 11.9 Å². The first-order chi connectivity index (χ1) is 15.6. The van der Waals surface area contributed by atoms with Crippen LogP contribution in [0.25, 0.3) is 22.3 Å². The number of methoxy groups -OCH3 is 1. The van der Waals surface area contributed by atoms with Gasteiger partial charge >= 0.3 is 0 Å². The second kappa shape index (κ2) is 8.63. The number of thioether (sulfide) groups is 1. The summed E-state index contributed by atoms with van der Waals surface area (Å²) in [4.78, 5) is 24.8. The number of anilines is 1. The number of fused-ring (bicyclic) bond motifs is 2. The average Bonchev–Trinajstić information content (AvgIpc) is 3.18. The van der Waals surface area contributed by atoms with Crippen LogP contribution in [0.4, 0.5) is 5.69 Å². The lowest BCUT2D eigenvalue weighted by atomic mass is 10.1. The van der Waals surface area contributed by atoms with Crippen molar-refractivity contribution in [2.75, 3.05) is 17.8 Å². The first-order valence-electron chi connectivity index (χ1n) is 10.6. The van der Waals surface area contributed by atoms with Gasteiger partial charge in [0, 0.05) is 22.7 Å². The minimum atomic E-state index is 0.0865. The van der Waals surface area contributed by atoms with Crippen LogP contribution in [0.5, 0.6) is 5.75 Å². The van der Waals surface area contributed by atoms with Crippen LogP contribution in [0, 0.1) is 0 Å². The molecule has 1 amide bonds. The molecule has 32 heavy (non-hydrogen) atoms. The summed E-state index contributed by atoms with van der Waals surface area (Å²) in [6, 6.07) is 24.0. The van der Waals surface area contributed by atoms with Crippen LogP contribution < -0.4 is 9.64 Å². The molecular formula is C26H23N3O2S. The second-order valence-corrected chi connectivity index (χ2v) is 8.80. The van der Waals surface area contributed by atoms with Gasteiger partial charge < -0.3 is 9.64 Å². The summed E-state index contributed by atoms with van der Waals surface area (Å²) < 4.78 is 5.41. The third kappa shape index (κ3) is 3.82. The van der Waals surface area contributed by atoms with E-state index < -0.39 is 0 Å². The van der Waals surface area contributed by atoms with E-state index in [1.807, 2.05) is 71.6 Å². The zero-order chi connectivity index (χ0) is 22.1. The molecule has 2 heterocycles. The van der Waals surface area contributed by atoms with Gasteiger partial charge in [-0.3, -0.25) is 4.79 Å². The Balaban J connectivity index is 1.48. The lowest BCUT2D eigenvalue weighted by molar-refractivity contribution is -0.116. The summed E-state index contributed by atoms with van der Waals surface area (Å²) in [6.45, 7) is 2.10. The van der Waals surface area contributed by atoms with Crippen molar-refractivity contribution in [2.24, 2.45) is 0 Å². The topological polar surface area (TPSA) is 55.3 Å². The fourth-order valence-electron chi connectivity index (χ4n) is 4.18. The maximum atomic E-state index is 13.2. The number of benzene rings is 3. The molecule has 4 aromatic rings. The van der Waals surface area contributed by atoms with Crippen molar-refractivity contribution in [2.45, 2.75) is 24.4 Å². The summed E-state index contributed by atoms with van der Waals surface area (Å²) in [5.41, 5.74) is 4.02. The number of ether oxygens (including phenoxy) is 1. The molecule has 0 aliphatic carbocycles. The molecule has 0 spiro atoms. The van der Waals surface area contributed by atoms with Gasteiger partial charge in [0.05, 0.1) is 18.4 Å². The van der Waals surface area contributed by atoms with Crippen molar-refractivity contribution in [3.63, 3.8) is 0 Å². The summed E-state index contributed by atoms with van der Waals surface area (Å²) in [6.07, 6.45) is 0.887.